The first-order valence-corrected chi connectivity index (χ1v) is 3.89. The van der Waals surface area contributed by atoms with Crippen LogP contribution in [0.25, 0.3) is 0 Å². The van der Waals surface area contributed by atoms with E-state index in [1.165, 1.54) is 19.3 Å². The molecule has 1 heterocycles. The molecule has 1 heteroatoms. The van der Waals surface area contributed by atoms with Crippen molar-refractivity contribution in [1.29, 1.82) is 0 Å². The molecule has 1 aliphatic carbocycles. The SMILES string of the molecule is CC1(C2CCOC2)CC1. The second-order valence-corrected chi connectivity index (χ2v) is 3.71. The molecule has 1 aliphatic heterocycles. The van der Waals surface area contributed by atoms with E-state index in [1.54, 1.807) is 0 Å². The van der Waals surface area contributed by atoms with Crippen molar-refractivity contribution in [3.63, 3.8) is 0 Å². The van der Waals surface area contributed by atoms with Crippen LogP contribution in [0, 0.1) is 11.3 Å². The zero-order valence-electron chi connectivity index (χ0n) is 6.02. The summed E-state index contributed by atoms with van der Waals surface area (Å²) in [4.78, 5) is 0. The largest absolute Gasteiger partial charge is 0.381 e. The van der Waals surface area contributed by atoms with Gasteiger partial charge in [0.2, 0.25) is 0 Å². The topological polar surface area (TPSA) is 9.23 Å². The number of rotatable bonds is 1. The van der Waals surface area contributed by atoms with E-state index < -0.39 is 0 Å². The van der Waals surface area contributed by atoms with E-state index in [0.717, 1.165) is 19.1 Å². The molecule has 0 amide bonds. The van der Waals surface area contributed by atoms with Gasteiger partial charge >= 0.3 is 0 Å². The van der Waals surface area contributed by atoms with Crippen LogP contribution >= 0.6 is 0 Å². The van der Waals surface area contributed by atoms with Crippen LogP contribution in [-0.2, 0) is 4.74 Å². The Hall–Kier alpha value is -0.0400. The molecule has 52 valence electrons. The van der Waals surface area contributed by atoms with Gasteiger partial charge in [-0.05, 0) is 30.6 Å². The Kier molecular flexibility index (Phi) is 1.10. The molecule has 1 saturated carbocycles. The molecule has 0 aromatic rings. The van der Waals surface area contributed by atoms with Crippen molar-refractivity contribution in [2.45, 2.75) is 26.2 Å². The first-order chi connectivity index (χ1) is 4.31. The highest BCUT2D eigenvalue weighted by Gasteiger charge is 2.45. The van der Waals surface area contributed by atoms with Gasteiger partial charge in [-0.3, -0.25) is 0 Å². The maximum Gasteiger partial charge on any atom is 0.0500 e. The molecule has 1 atom stereocenters. The minimum absolute atomic E-state index is 0.705. The maximum absolute atomic E-state index is 5.32. The highest BCUT2D eigenvalue weighted by Crippen LogP contribution is 2.53. The van der Waals surface area contributed by atoms with Crippen molar-refractivity contribution in [2.75, 3.05) is 13.2 Å². The molecule has 0 bridgehead atoms. The molecule has 2 aliphatic rings. The second-order valence-electron chi connectivity index (χ2n) is 3.71. The smallest absolute Gasteiger partial charge is 0.0500 e. The van der Waals surface area contributed by atoms with Crippen LogP contribution in [0.2, 0.25) is 0 Å². The molecule has 0 aromatic heterocycles. The van der Waals surface area contributed by atoms with Gasteiger partial charge in [0.15, 0.2) is 0 Å². The Balaban J connectivity index is 1.97. The third-order valence-corrected chi connectivity index (χ3v) is 2.95. The van der Waals surface area contributed by atoms with Gasteiger partial charge in [-0.1, -0.05) is 6.92 Å². The molecular weight excluding hydrogens is 112 g/mol. The Bertz CT molecular complexity index is 110. The van der Waals surface area contributed by atoms with E-state index in [-0.39, 0.29) is 0 Å². The second kappa shape index (κ2) is 1.72. The molecule has 0 N–H and O–H groups in total. The minimum Gasteiger partial charge on any atom is -0.381 e. The number of hydrogen-bond donors (Lipinski definition) is 0. The highest BCUT2D eigenvalue weighted by molar-refractivity contribution is 4.95. The standard InChI is InChI=1S/C8H14O/c1-8(3-4-8)7-2-5-9-6-7/h7H,2-6H2,1H3. The Morgan fingerprint density at radius 3 is 2.67 bits per heavy atom. The molecule has 1 nitrogen and oxygen atoms in total. The van der Waals surface area contributed by atoms with E-state index in [1.807, 2.05) is 0 Å². The first kappa shape index (κ1) is 5.72. The Morgan fingerprint density at radius 2 is 2.22 bits per heavy atom. The normalized spacial score (nSPS) is 39.0. The lowest BCUT2D eigenvalue weighted by molar-refractivity contribution is 0.170. The minimum atomic E-state index is 0.705. The molecule has 2 fully saturated rings. The predicted octanol–water partition coefficient (Wildman–Crippen LogP) is 1.82. The van der Waals surface area contributed by atoms with Crippen molar-refractivity contribution in [3.8, 4) is 0 Å². The summed E-state index contributed by atoms with van der Waals surface area (Å²) >= 11 is 0. The van der Waals surface area contributed by atoms with Crippen LogP contribution in [0.5, 0.6) is 0 Å². The summed E-state index contributed by atoms with van der Waals surface area (Å²) in [5, 5.41) is 0. The van der Waals surface area contributed by atoms with Gasteiger partial charge in [-0.2, -0.15) is 0 Å². The quantitative estimate of drug-likeness (QED) is 0.520. The van der Waals surface area contributed by atoms with Crippen molar-refractivity contribution in [1.82, 2.24) is 0 Å². The third-order valence-electron chi connectivity index (χ3n) is 2.95. The summed E-state index contributed by atoms with van der Waals surface area (Å²) in [5.74, 6) is 0.900. The Labute approximate surface area is 56.4 Å². The summed E-state index contributed by atoms with van der Waals surface area (Å²) in [7, 11) is 0. The first-order valence-electron chi connectivity index (χ1n) is 3.89. The fraction of sp³-hybridized carbons (Fsp3) is 1.00. The summed E-state index contributed by atoms with van der Waals surface area (Å²) < 4.78 is 5.32. The van der Waals surface area contributed by atoms with Crippen LogP contribution in [-0.4, -0.2) is 13.2 Å². The lowest BCUT2D eigenvalue weighted by Gasteiger charge is -2.14. The average molecular weight is 126 g/mol. The molecule has 0 aromatic carbocycles. The average Bonchev–Trinajstić information content (AvgIpc) is 2.46. The predicted molar refractivity (Wildman–Crippen MR) is 36.3 cm³/mol. The van der Waals surface area contributed by atoms with Crippen molar-refractivity contribution >= 4 is 0 Å². The fourth-order valence-corrected chi connectivity index (χ4v) is 1.69. The summed E-state index contributed by atoms with van der Waals surface area (Å²) in [6.45, 7) is 4.45. The Morgan fingerprint density at radius 1 is 1.44 bits per heavy atom. The molecule has 0 radical (unpaired) electrons. The summed E-state index contributed by atoms with van der Waals surface area (Å²) in [6.07, 6.45) is 4.21. The van der Waals surface area contributed by atoms with Crippen LogP contribution in [0.4, 0.5) is 0 Å². The summed E-state index contributed by atoms with van der Waals surface area (Å²) in [6, 6.07) is 0. The molecule has 9 heavy (non-hydrogen) atoms. The maximum atomic E-state index is 5.32. The van der Waals surface area contributed by atoms with Crippen molar-refractivity contribution in [3.05, 3.63) is 0 Å². The van der Waals surface area contributed by atoms with Crippen LogP contribution in [0.1, 0.15) is 26.2 Å². The van der Waals surface area contributed by atoms with Crippen LogP contribution < -0.4 is 0 Å². The van der Waals surface area contributed by atoms with E-state index in [0.29, 0.717) is 5.41 Å². The van der Waals surface area contributed by atoms with E-state index >= 15 is 0 Å². The van der Waals surface area contributed by atoms with E-state index in [4.69, 9.17) is 4.74 Å². The van der Waals surface area contributed by atoms with E-state index in [9.17, 15) is 0 Å². The molecule has 1 saturated heterocycles. The zero-order valence-corrected chi connectivity index (χ0v) is 6.02. The van der Waals surface area contributed by atoms with Gasteiger partial charge in [0.25, 0.3) is 0 Å². The lowest BCUT2D eigenvalue weighted by atomic mass is 9.91. The molecule has 2 rings (SSSR count). The fourth-order valence-electron chi connectivity index (χ4n) is 1.69. The van der Waals surface area contributed by atoms with Gasteiger partial charge in [0.1, 0.15) is 0 Å². The van der Waals surface area contributed by atoms with Gasteiger partial charge in [0.05, 0.1) is 0 Å². The number of hydrogen-bond acceptors (Lipinski definition) is 1. The lowest BCUT2D eigenvalue weighted by Crippen LogP contribution is -2.11. The third kappa shape index (κ3) is 0.877. The zero-order chi connectivity index (χ0) is 6.32. The molecule has 0 spiro atoms. The van der Waals surface area contributed by atoms with Crippen molar-refractivity contribution in [2.24, 2.45) is 11.3 Å². The molecular formula is C8H14O. The van der Waals surface area contributed by atoms with Gasteiger partial charge in [0, 0.05) is 13.2 Å². The van der Waals surface area contributed by atoms with E-state index in [2.05, 4.69) is 6.92 Å². The van der Waals surface area contributed by atoms with Gasteiger partial charge in [-0.15, -0.1) is 0 Å². The number of ether oxygens (including phenoxy) is 1. The summed E-state index contributed by atoms with van der Waals surface area (Å²) in [5.41, 5.74) is 0.705. The van der Waals surface area contributed by atoms with Gasteiger partial charge < -0.3 is 4.74 Å². The van der Waals surface area contributed by atoms with Crippen LogP contribution in [0.15, 0.2) is 0 Å². The molecule has 1 unspecified atom stereocenters. The van der Waals surface area contributed by atoms with Crippen LogP contribution in [0.3, 0.4) is 0 Å². The highest BCUT2D eigenvalue weighted by atomic mass is 16.5. The van der Waals surface area contributed by atoms with Gasteiger partial charge in [-0.25, -0.2) is 0 Å². The van der Waals surface area contributed by atoms with Crippen molar-refractivity contribution < 1.29 is 4.74 Å². The monoisotopic (exact) mass is 126 g/mol.